The van der Waals surface area contributed by atoms with Crippen LogP contribution in [-0.4, -0.2) is 23.5 Å². The third-order valence-corrected chi connectivity index (χ3v) is 5.62. The number of nitrogens with one attached hydrogen (secondary N) is 1. The summed E-state index contributed by atoms with van der Waals surface area (Å²) < 4.78 is 6.47. The molecule has 0 spiro atoms. The van der Waals surface area contributed by atoms with Crippen molar-refractivity contribution in [2.75, 3.05) is 6.54 Å². The van der Waals surface area contributed by atoms with Gasteiger partial charge in [-0.3, -0.25) is 4.79 Å². The summed E-state index contributed by atoms with van der Waals surface area (Å²) in [6.45, 7) is 0.749. The normalized spacial score (nSPS) is 10.9. The lowest BCUT2D eigenvalue weighted by Crippen LogP contribution is -2.25. The van der Waals surface area contributed by atoms with Gasteiger partial charge in [0.25, 0.3) is 5.91 Å². The summed E-state index contributed by atoms with van der Waals surface area (Å²) in [5, 5.41) is 21.2. The highest BCUT2D eigenvalue weighted by molar-refractivity contribution is 9.10. The first-order valence-corrected chi connectivity index (χ1v) is 11.4. The third-order valence-electron chi connectivity index (χ3n) is 5.00. The Morgan fingerprint density at radius 3 is 2.41 bits per heavy atom. The van der Waals surface area contributed by atoms with E-state index in [1.165, 1.54) is 23.8 Å². The number of carboxylic acids is 1. The molecule has 7 heteroatoms. The van der Waals surface area contributed by atoms with Crippen molar-refractivity contribution in [3.05, 3.63) is 105 Å². The van der Waals surface area contributed by atoms with Gasteiger partial charge in [-0.1, -0.05) is 48.5 Å². The molecule has 0 saturated carbocycles. The fourth-order valence-electron chi connectivity index (χ4n) is 3.18. The van der Waals surface area contributed by atoms with Gasteiger partial charge in [-0.15, -0.1) is 0 Å². The van der Waals surface area contributed by atoms with Crippen molar-refractivity contribution < 1.29 is 19.4 Å². The number of carbonyl (C=O) groups excluding carboxylic acids is 1. The van der Waals surface area contributed by atoms with E-state index in [0.717, 1.165) is 18.4 Å². The van der Waals surface area contributed by atoms with Gasteiger partial charge in [-0.25, -0.2) is 4.79 Å². The van der Waals surface area contributed by atoms with Crippen LogP contribution in [0.3, 0.4) is 0 Å². The molecule has 3 rings (SSSR count). The Kier molecular flexibility index (Phi) is 9.01. The van der Waals surface area contributed by atoms with Crippen LogP contribution in [0.15, 0.2) is 82.8 Å². The van der Waals surface area contributed by atoms with Crippen molar-refractivity contribution in [2.24, 2.45) is 0 Å². The smallest absolute Gasteiger partial charge is 0.335 e. The van der Waals surface area contributed by atoms with E-state index in [1.807, 2.05) is 36.4 Å². The molecule has 1 amide bonds. The van der Waals surface area contributed by atoms with Crippen LogP contribution in [0.4, 0.5) is 0 Å². The van der Waals surface area contributed by atoms with Crippen LogP contribution in [0.25, 0.3) is 6.08 Å². The van der Waals surface area contributed by atoms with E-state index in [0.29, 0.717) is 22.3 Å². The zero-order valence-corrected chi connectivity index (χ0v) is 19.9. The van der Waals surface area contributed by atoms with Crippen molar-refractivity contribution in [3.63, 3.8) is 0 Å². The average molecular weight is 519 g/mol. The highest BCUT2D eigenvalue weighted by atomic mass is 79.9. The molecule has 172 valence electrons. The van der Waals surface area contributed by atoms with Crippen LogP contribution in [-0.2, 0) is 17.8 Å². The Morgan fingerprint density at radius 2 is 1.76 bits per heavy atom. The van der Waals surface area contributed by atoms with Crippen LogP contribution < -0.4 is 10.1 Å². The van der Waals surface area contributed by atoms with E-state index in [-0.39, 0.29) is 17.7 Å². The van der Waals surface area contributed by atoms with E-state index < -0.39 is 11.9 Å². The molecule has 34 heavy (non-hydrogen) atoms. The number of halogens is 1. The molecule has 0 atom stereocenters. The second-order valence-corrected chi connectivity index (χ2v) is 8.35. The number of hydrogen-bond acceptors (Lipinski definition) is 4. The van der Waals surface area contributed by atoms with E-state index in [9.17, 15) is 14.9 Å². The summed E-state index contributed by atoms with van der Waals surface area (Å²) >= 11 is 3.46. The number of aryl methyl sites for hydroxylation is 1. The summed E-state index contributed by atoms with van der Waals surface area (Å²) in [4.78, 5) is 23.3. The van der Waals surface area contributed by atoms with Gasteiger partial charge in [0.2, 0.25) is 0 Å². The Hall–Kier alpha value is -3.89. The number of rotatable bonds is 10. The number of nitriles is 1. The lowest BCUT2D eigenvalue weighted by molar-refractivity contribution is -0.117. The number of hydrogen-bond donors (Lipinski definition) is 2. The van der Waals surface area contributed by atoms with Gasteiger partial charge in [0.05, 0.1) is 10.0 Å². The minimum absolute atomic E-state index is 0.0267. The first-order valence-electron chi connectivity index (χ1n) is 10.6. The second kappa shape index (κ2) is 12.4. The largest absolute Gasteiger partial charge is 0.488 e. The lowest BCUT2D eigenvalue weighted by Gasteiger charge is -2.09. The summed E-state index contributed by atoms with van der Waals surface area (Å²) in [5.41, 5.74) is 2.96. The molecule has 6 nitrogen and oxygen atoms in total. The molecule has 0 aliphatic rings. The number of amides is 1. The van der Waals surface area contributed by atoms with Gasteiger partial charge in [-0.2, -0.15) is 5.26 Å². The SMILES string of the molecule is N#C/C(=C/c1ccc(OCc2ccc(C(=O)O)cc2)c(Br)c1)C(=O)NCCCc1ccccc1. The van der Waals surface area contributed by atoms with Crippen molar-refractivity contribution in [1.29, 1.82) is 5.26 Å². The molecule has 0 saturated heterocycles. The van der Waals surface area contributed by atoms with Gasteiger partial charge >= 0.3 is 5.97 Å². The van der Waals surface area contributed by atoms with Gasteiger partial charge in [0.15, 0.2) is 0 Å². The Labute approximate surface area is 206 Å². The van der Waals surface area contributed by atoms with Crippen molar-refractivity contribution >= 4 is 33.9 Å². The summed E-state index contributed by atoms with van der Waals surface area (Å²) in [7, 11) is 0. The quantitative estimate of drug-likeness (QED) is 0.213. The molecule has 0 aromatic heterocycles. The molecular weight excluding hydrogens is 496 g/mol. The highest BCUT2D eigenvalue weighted by Gasteiger charge is 2.10. The van der Waals surface area contributed by atoms with Crippen LogP contribution in [0.5, 0.6) is 5.75 Å². The van der Waals surface area contributed by atoms with E-state index >= 15 is 0 Å². The molecule has 0 aliphatic heterocycles. The summed E-state index contributed by atoms with van der Waals surface area (Å²) in [6.07, 6.45) is 3.17. The molecule has 0 fully saturated rings. The van der Waals surface area contributed by atoms with E-state index in [2.05, 4.69) is 21.2 Å². The van der Waals surface area contributed by atoms with Crippen molar-refractivity contribution in [3.8, 4) is 11.8 Å². The number of carboxylic acid groups (broad SMARTS) is 1. The van der Waals surface area contributed by atoms with Gasteiger partial charge in [0, 0.05) is 6.54 Å². The Bertz CT molecular complexity index is 1220. The standard InChI is InChI=1S/C27H23BrN2O4/c28-24-16-21(10-13-25(24)34-18-20-8-11-22(12-9-20)27(32)33)15-23(17-29)26(31)30-14-4-7-19-5-2-1-3-6-19/h1-3,5-6,8-13,15-16H,4,7,14,18H2,(H,30,31)(H,32,33)/b23-15-. The Morgan fingerprint density at radius 1 is 1.03 bits per heavy atom. The molecule has 3 aromatic carbocycles. The maximum absolute atomic E-state index is 12.4. The van der Waals surface area contributed by atoms with Crippen LogP contribution in [0, 0.1) is 11.3 Å². The molecule has 0 radical (unpaired) electrons. The summed E-state index contributed by atoms with van der Waals surface area (Å²) in [6, 6.07) is 23.7. The first kappa shape index (κ1) is 24.7. The van der Waals surface area contributed by atoms with E-state index in [1.54, 1.807) is 30.3 Å². The third kappa shape index (κ3) is 7.32. The van der Waals surface area contributed by atoms with Crippen molar-refractivity contribution in [2.45, 2.75) is 19.4 Å². The number of carbonyl (C=O) groups is 2. The fourth-order valence-corrected chi connectivity index (χ4v) is 3.69. The topological polar surface area (TPSA) is 99.4 Å². The van der Waals surface area contributed by atoms with Gasteiger partial charge < -0.3 is 15.2 Å². The second-order valence-electron chi connectivity index (χ2n) is 7.50. The van der Waals surface area contributed by atoms with Crippen LogP contribution in [0.2, 0.25) is 0 Å². The fraction of sp³-hybridized carbons (Fsp3) is 0.148. The number of nitrogens with zero attached hydrogens (tertiary/aromatic N) is 1. The summed E-state index contributed by atoms with van der Waals surface area (Å²) in [5.74, 6) is -0.795. The molecule has 2 N–H and O–H groups in total. The predicted octanol–water partition coefficient (Wildman–Crippen LogP) is 5.38. The van der Waals surface area contributed by atoms with Gasteiger partial charge in [0.1, 0.15) is 24.0 Å². The zero-order chi connectivity index (χ0) is 24.3. The molecular formula is C27H23BrN2O4. The molecule has 0 bridgehead atoms. The number of ether oxygens (including phenoxy) is 1. The maximum Gasteiger partial charge on any atom is 0.335 e. The Balaban J connectivity index is 1.55. The average Bonchev–Trinajstić information content (AvgIpc) is 2.85. The van der Waals surface area contributed by atoms with Crippen LogP contribution >= 0.6 is 15.9 Å². The first-order chi connectivity index (χ1) is 16.5. The van der Waals surface area contributed by atoms with Crippen molar-refractivity contribution in [1.82, 2.24) is 5.32 Å². The number of aromatic carboxylic acids is 1. The highest BCUT2D eigenvalue weighted by Crippen LogP contribution is 2.28. The monoisotopic (exact) mass is 518 g/mol. The molecule has 3 aromatic rings. The number of benzene rings is 3. The lowest BCUT2D eigenvalue weighted by atomic mass is 10.1. The van der Waals surface area contributed by atoms with Gasteiger partial charge in [-0.05, 0) is 75.8 Å². The minimum Gasteiger partial charge on any atom is -0.488 e. The predicted molar refractivity (Wildman–Crippen MR) is 133 cm³/mol. The molecule has 0 heterocycles. The maximum atomic E-state index is 12.4. The zero-order valence-electron chi connectivity index (χ0n) is 18.3. The molecule has 0 unspecified atom stereocenters. The molecule has 0 aliphatic carbocycles. The van der Waals surface area contributed by atoms with Crippen LogP contribution in [0.1, 0.15) is 33.5 Å². The van der Waals surface area contributed by atoms with E-state index in [4.69, 9.17) is 9.84 Å². The minimum atomic E-state index is -0.975.